The van der Waals surface area contributed by atoms with Crippen molar-refractivity contribution in [3.05, 3.63) is 18.2 Å². The van der Waals surface area contributed by atoms with Crippen LogP contribution in [0.4, 0.5) is 0 Å². The number of imidazole rings is 1. The molecule has 0 aliphatic heterocycles. The SMILES string of the molecule is CCCn1cncc1CNCC(=O)NCCOC. The van der Waals surface area contributed by atoms with Gasteiger partial charge in [-0.05, 0) is 6.42 Å². The molecule has 0 atom stereocenters. The average Bonchev–Trinajstić information content (AvgIpc) is 2.78. The summed E-state index contributed by atoms with van der Waals surface area (Å²) in [5.74, 6) is -0.0198. The van der Waals surface area contributed by atoms with Crippen LogP contribution in [0.25, 0.3) is 0 Å². The largest absolute Gasteiger partial charge is 0.383 e. The smallest absolute Gasteiger partial charge is 0.234 e. The molecule has 102 valence electrons. The zero-order valence-corrected chi connectivity index (χ0v) is 11.1. The van der Waals surface area contributed by atoms with E-state index in [-0.39, 0.29) is 5.91 Å². The molecule has 0 saturated heterocycles. The number of hydrogen-bond acceptors (Lipinski definition) is 4. The Balaban J connectivity index is 2.20. The lowest BCUT2D eigenvalue weighted by Crippen LogP contribution is -2.35. The monoisotopic (exact) mass is 254 g/mol. The average molecular weight is 254 g/mol. The molecule has 2 N–H and O–H groups in total. The molecular formula is C12H22N4O2. The maximum atomic E-state index is 11.4. The Hall–Kier alpha value is -1.40. The van der Waals surface area contributed by atoms with Crippen LogP contribution in [0.15, 0.2) is 12.5 Å². The molecule has 1 rings (SSSR count). The second kappa shape index (κ2) is 8.66. The first-order chi connectivity index (χ1) is 8.77. The third-order valence-electron chi connectivity index (χ3n) is 2.48. The Morgan fingerprint density at radius 3 is 3.11 bits per heavy atom. The zero-order valence-electron chi connectivity index (χ0n) is 11.1. The van der Waals surface area contributed by atoms with Crippen molar-refractivity contribution in [3.63, 3.8) is 0 Å². The number of carbonyl (C=O) groups excluding carboxylic acids is 1. The number of carbonyl (C=O) groups is 1. The number of aromatic nitrogens is 2. The third-order valence-corrected chi connectivity index (χ3v) is 2.48. The van der Waals surface area contributed by atoms with Gasteiger partial charge in [0.1, 0.15) is 0 Å². The van der Waals surface area contributed by atoms with E-state index in [0.29, 0.717) is 26.2 Å². The molecule has 1 aromatic rings. The Kier molecular flexibility index (Phi) is 7.05. The Labute approximate surface area is 108 Å². The van der Waals surface area contributed by atoms with Crippen LogP contribution >= 0.6 is 0 Å². The van der Waals surface area contributed by atoms with E-state index in [0.717, 1.165) is 18.7 Å². The highest BCUT2D eigenvalue weighted by Gasteiger charge is 2.03. The number of hydrogen-bond donors (Lipinski definition) is 2. The summed E-state index contributed by atoms with van der Waals surface area (Å²) in [6, 6.07) is 0. The summed E-state index contributed by atoms with van der Waals surface area (Å²) in [4.78, 5) is 15.5. The highest BCUT2D eigenvalue weighted by molar-refractivity contribution is 5.77. The first-order valence-electron chi connectivity index (χ1n) is 6.23. The standard InChI is InChI=1S/C12H22N4O2/c1-3-5-16-10-14-8-11(16)7-13-9-12(17)15-4-6-18-2/h8,10,13H,3-7,9H2,1-2H3,(H,15,17). The normalized spacial score (nSPS) is 10.6. The Morgan fingerprint density at radius 1 is 1.56 bits per heavy atom. The Morgan fingerprint density at radius 2 is 2.39 bits per heavy atom. The minimum absolute atomic E-state index is 0.0198. The van der Waals surface area contributed by atoms with Crippen LogP contribution in [0, 0.1) is 0 Å². The molecule has 1 heterocycles. The maximum absolute atomic E-state index is 11.4. The van der Waals surface area contributed by atoms with Gasteiger partial charge in [0.15, 0.2) is 0 Å². The van der Waals surface area contributed by atoms with Gasteiger partial charge in [0.05, 0.1) is 25.2 Å². The van der Waals surface area contributed by atoms with E-state index in [1.807, 2.05) is 12.5 Å². The van der Waals surface area contributed by atoms with Gasteiger partial charge in [-0.2, -0.15) is 0 Å². The molecule has 0 spiro atoms. The highest BCUT2D eigenvalue weighted by Crippen LogP contribution is 1.99. The quantitative estimate of drug-likeness (QED) is 0.615. The van der Waals surface area contributed by atoms with Gasteiger partial charge in [-0.1, -0.05) is 6.92 Å². The summed E-state index contributed by atoms with van der Waals surface area (Å²) >= 11 is 0. The predicted octanol–water partition coefficient (Wildman–Crippen LogP) is 0.145. The molecule has 1 amide bonds. The Bertz CT molecular complexity index is 352. The van der Waals surface area contributed by atoms with Gasteiger partial charge in [-0.15, -0.1) is 0 Å². The number of nitrogens with one attached hydrogen (secondary N) is 2. The van der Waals surface area contributed by atoms with Crippen LogP contribution in [-0.4, -0.2) is 42.3 Å². The predicted molar refractivity (Wildman–Crippen MR) is 69.1 cm³/mol. The fourth-order valence-corrected chi connectivity index (χ4v) is 1.60. The lowest BCUT2D eigenvalue weighted by Gasteiger charge is -2.08. The fraction of sp³-hybridized carbons (Fsp3) is 0.667. The second-order valence-corrected chi connectivity index (χ2v) is 4.02. The van der Waals surface area contributed by atoms with Gasteiger partial charge in [0.25, 0.3) is 0 Å². The molecule has 0 aromatic carbocycles. The molecule has 0 radical (unpaired) electrons. The second-order valence-electron chi connectivity index (χ2n) is 4.02. The van der Waals surface area contributed by atoms with E-state index in [2.05, 4.69) is 27.1 Å². The van der Waals surface area contributed by atoms with Crippen molar-refractivity contribution in [3.8, 4) is 0 Å². The van der Waals surface area contributed by atoms with Crippen LogP contribution < -0.4 is 10.6 Å². The summed E-state index contributed by atoms with van der Waals surface area (Å²) < 4.78 is 6.94. The molecule has 0 aliphatic carbocycles. The van der Waals surface area contributed by atoms with Crippen LogP contribution in [0.5, 0.6) is 0 Å². The molecule has 0 aliphatic rings. The first-order valence-corrected chi connectivity index (χ1v) is 6.23. The molecular weight excluding hydrogens is 232 g/mol. The summed E-state index contributed by atoms with van der Waals surface area (Å²) in [6.07, 6.45) is 4.71. The lowest BCUT2D eigenvalue weighted by atomic mass is 10.4. The van der Waals surface area contributed by atoms with Gasteiger partial charge < -0.3 is 19.9 Å². The van der Waals surface area contributed by atoms with Gasteiger partial charge in [0.2, 0.25) is 5.91 Å². The van der Waals surface area contributed by atoms with Crippen molar-refractivity contribution < 1.29 is 9.53 Å². The number of aryl methyl sites for hydroxylation is 1. The van der Waals surface area contributed by atoms with Gasteiger partial charge in [-0.3, -0.25) is 4.79 Å². The van der Waals surface area contributed by atoms with E-state index in [1.165, 1.54) is 0 Å². The minimum atomic E-state index is -0.0198. The van der Waals surface area contributed by atoms with Crippen LogP contribution in [0.3, 0.4) is 0 Å². The zero-order chi connectivity index (χ0) is 13.2. The van der Waals surface area contributed by atoms with Gasteiger partial charge in [-0.25, -0.2) is 4.98 Å². The summed E-state index contributed by atoms with van der Waals surface area (Å²) in [7, 11) is 1.61. The lowest BCUT2D eigenvalue weighted by molar-refractivity contribution is -0.120. The highest BCUT2D eigenvalue weighted by atomic mass is 16.5. The van der Waals surface area contributed by atoms with Crippen molar-refractivity contribution in [1.29, 1.82) is 0 Å². The summed E-state index contributed by atoms with van der Waals surface area (Å²) in [5, 5.41) is 5.85. The third kappa shape index (κ3) is 5.29. The van der Waals surface area contributed by atoms with Gasteiger partial charge in [0, 0.05) is 32.9 Å². The molecule has 0 fully saturated rings. The van der Waals surface area contributed by atoms with Crippen LogP contribution in [0.1, 0.15) is 19.0 Å². The molecule has 0 saturated carbocycles. The summed E-state index contributed by atoms with van der Waals surface area (Å²) in [6.45, 7) is 5.12. The number of rotatable bonds is 9. The van der Waals surface area contributed by atoms with Gasteiger partial charge >= 0.3 is 0 Å². The number of amides is 1. The van der Waals surface area contributed by atoms with Crippen molar-refractivity contribution >= 4 is 5.91 Å². The molecule has 0 unspecified atom stereocenters. The van der Waals surface area contributed by atoms with E-state index in [9.17, 15) is 4.79 Å². The molecule has 0 bridgehead atoms. The van der Waals surface area contributed by atoms with E-state index >= 15 is 0 Å². The van der Waals surface area contributed by atoms with E-state index in [1.54, 1.807) is 7.11 Å². The number of nitrogens with zero attached hydrogens (tertiary/aromatic N) is 2. The molecule has 18 heavy (non-hydrogen) atoms. The molecule has 6 heteroatoms. The molecule has 1 aromatic heterocycles. The number of ether oxygens (including phenoxy) is 1. The van der Waals surface area contributed by atoms with Crippen molar-refractivity contribution in [2.75, 3.05) is 26.8 Å². The summed E-state index contributed by atoms with van der Waals surface area (Å²) in [5.41, 5.74) is 1.10. The van der Waals surface area contributed by atoms with Crippen LogP contribution in [-0.2, 0) is 22.6 Å². The van der Waals surface area contributed by atoms with Crippen LogP contribution in [0.2, 0.25) is 0 Å². The van der Waals surface area contributed by atoms with E-state index < -0.39 is 0 Å². The van der Waals surface area contributed by atoms with Crippen molar-refractivity contribution in [1.82, 2.24) is 20.2 Å². The van der Waals surface area contributed by atoms with Crippen molar-refractivity contribution in [2.45, 2.75) is 26.4 Å². The topological polar surface area (TPSA) is 68.2 Å². The minimum Gasteiger partial charge on any atom is -0.383 e. The fourth-order valence-electron chi connectivity index (χ4n) is 1.60. The first kappa shape index (κ1) is 14.7. The van der Waals surface area contributed by atoms with Crippen molar-refractivity contribution in [2.24, 2.45) is 0 Å². The maximum Gasteiger partial charge on any atom is 0.234 e. The van der Waals surface area contributed by atoms with E-state index in [4.69, 9.17) is 4.74 Å². The number of methoxy groups -OCH3 is 1. The molecule has 6 nitrogen and oxygen atoms in total.